The lowest BCUT2D eigenvalue weighted by molar-refractivity contribution is 0.415. The Hall–Kier alpha value is -1.23. The van der Waals surface area contributed by atoms with Gasteiger partial charge in [-0.15, -0.1) is 0 Å². The number of ether oxygens (including phenoxy) is 1. The van der Waals surface area contributed by atoms with E-state index in [1.807, 2.05) is 25.1 Å². The third-order valence-electron chi connectivity index (χ3n) is 2.50. The molecule has 1 aromatic carbocycles. The number of hydrogen-bond acceptors (Lipinski definition) is 4. The number of nitrogens with one attached hydrogen (secondary N) is 1. The van der Waals surface area contributed by atoms with Crippen molar-refractivity contribution in [1.29, 1.82) is 0 Å². The molecule has 0 radical (unpaired) electrons. The lowest BCUT2D eigenvalue weighted by atomic mass is 10.2. The van der Waals surface area contributed by atoms with Gasteiger partial charge in [-0.1, -0.05) is 0 Å². The zero-order valence-corrected chi connectivity index (χ0v) is 11.3. The maximum atomic E-state index is 11.0. The Morgan fingerprint density at radius 2 is 2.24 bits per heavy atom. The van der Waals surface area contributed by atoms with Crippen LogP contribution in [0, 0.1) is 0 Å². The van der Waals surface area contributed by atoms with E-state index in [-0.39, 0.29) is 6.04 Å². The van der Waals surface area contributed by atoms with Crippen LogP contribution < -0.4 is 15.8 Å². The molecule has 0 fully saturated rings. The molecular formula is C12H20N2O2S. The lowest BCUT2D eigenvalue weighted by Crippen LogP contribution is -2.18. The zero-order chi connectivity index (χ0) is 12.8. The van der Waals surface area contributed by atoms with Crippen LogP contribution in [0.2, 0.25) is 0 Å². The summed E-state index contributed by atoms with van der Waals surface area (Å²) >= 11 is 0. The quantitative estimate of drug-likeness (QED) is 0.762. The standard InChI is InChI=1S/C12H20N2O2S/c1-9(6-7-17(3)15)14-12-8-10(16-2)4-5-11(12)13/h4-5,8-9,14H,6-7,13H2,1-3H3. The molecule has 2 unspecified atom stereocenters. The molecule has 1 rings (SSSR count). The highest BCUT2D eigenvalue weighted by atomic mass is 32.2. The highest BCUT2D eigenvalue weighted by Gasteiger charge is 2.06. The second-order valence-electron chi connectivity index (χ2n) is 4.06. The summed E-state index contributed by atoms with van der Waals surface area (Å²) in [6.07, 6.45) is 2.56. The van der Waals surface area contributed by atoms with Crippen LogP contribution in [-0.4, -0.2) is 29.4 Å². The third-order valence-corrected chi connectivity index (χ3v) is 3.31. The summed E-state index contributed by atoms with van der Waals surface area (Å²) in [6.45, 7) is 2.05. The molecule has 5 heteroatoms. The number of nitrogen functional groups attached to an aromatic ring is 1. The van der Waals surface area contributed by atoms with Crippen LogP contribution in [0.1, 0.15) is 13.3 Å². The lowest BCUT2D eigenvalue weighted by Gasteiger charge is -2.17. The minimum absolute atomic E-state index is 0.230. The van der Waals surface area contributed by atoms with Crippen molar-refractivity contribution >= 4 is 22.2 Å². The second-order valence-corrected chi connectivity index (χ2v) is 5.62. The monoisotopic (exact) mass is 256 g/mol. The number of rotatable bonds is 6. The number of anilines is 2. The summed E-state index contributed by atoms with van der Waals surface area (Å²) < 4.78 is 16.2. The number of hydrogen-bond donors (Lipinski definition) is 2. The minimum atomic E-state index is -0.751. The van der Waals surface area contributed by atoms with Gasteiger partial charge in [0, 0.05) is 34.9 Å². The first-order valence-corrected chi connectivity index (χ1v) is 7.25. The topological polar surface area (TPSA) is 64.3 Å². The molecule has 17 heavy (non-hydrogen) atoms. The summed E-state index contributed by atoms with van der Waals surface area (Å²) in [4.78, 5) is 0. The van der Waals surface area contributed by atoms with E-state index in [0.717, 1.165) is 17.9 Å². The van der Waals surface area contributed by atoms with Crippen molar-refractivity contribution in [3.05, 3.63) is 18.2 Å². The normalized spacial score (nSPS) is 14.1. The van der Waals surface area contributed by atoms with Crippen LogP contribution in [0.15, 0.2) is 18.2 Å². The molecule has 96 valence electrons. The molecule has 0 aliphatic heterocycles. The molecule has 0 saturated heterocycles. The molecule has 0 bridgehead atoms. The van der Waals surface area contributed by atoms with Gasteiger partial charge in [0.15, 0.2) is 0 Å². The molecule has 0 aliphatic rings. The Bertz CT molecular complexity index is 396. The van der Waals surface area contributed by atoms with Gasteiger partial charge >= 0.3 is 0 Å². The first-order valence-electron chi connectivity index (χ1n) is 5.53. The largest absolute Gasteiger partial charge is 0.497 e. The van der Waals surface area contributed by atoms with E-state index in [1.54, 1.807) is 13.4 Å². The number of methoxy groups -OCH3 is 1. The van der Waals surface area contributed by atoms with Gasteiger partial charge in [0.1, 0.15) is 5.75 Å². The van der Waals surface area contributed by atoms with E-state index in [2.05, 4.69) is 5.32 Å². The molecule has 0 spiro atoms. The predicted octanol–water partition coefficient (Wildman–Crippen LogP) is 1.85. The smallest absolute Gasteiger partial charge is 0.121 e. The van der Waals surface area contributed by atoms with Crippen LogP contribution >= 0.6 is 0 Å². The fraction of sp³-hybridized carbons (Fsp3) is 0.500. The second kappa shape index (κ2) is 6.49. The molecule has 1 aromatic rings. The van der Waals surface area contributed by atoms with Gasteiger partial charge in [0.2, 0.25) is 0 Å². The minimum Gasteiger partial charge on any atom is -0.497 e. The van der Waals surface area contributed by atoms with Gasteiger partial charge in [0.05, 0.1) is 18.5 Å². The van der Waals surface area contributed by atoms with Crippen molar-refractivity contribution in [2.24, 2.45) is 0 Å². The van der Waals surface area contributed by atoms with E-state index in [0.29, 0.717) is 11.4 Å². The molecule has 3 N–H and O–H groups in total. The number of nitrogens with two attached hydrogens (primary N) is 1. The summed E-state index contributed by atoms with van der Waals surface area (Å²) in [5, 5.41) is 3.30. The van der Waals surface area contributed by atoms with Gasteiger partial charge < -0.3 is 15.8 Å². The molecule has 0 saturated carbocycles. The van der Waals surface area contributed by atoms with Gasteiger partial charge in [-0.25, -0.2) is 0 Å². The van der Waals surface area contributed by atoms with Crippen molar-refractivity contribution in [3.63, 3.8) is 0 Å². The summed E-state index contributed by atoms with van der Waals surface area (Å²) in [5.41, 5.74) is 7.42. The van der Waals surface area contributed by atoms with Crippen molar-refractivity contribution in [2.45, 2.75) is 19.4 Å². The van der Waals surface area contributed by atoms with Gasteiger partial charge in [-0.05, 0) is 25.5 Å². The highest BCUT2D eigenvalue weighted by Crippen LogP contribution is 2.25. The molecule has 0 aromatic heterocycles. The maximum absolute atomic E-state index is 11.0. The predicted molar refractivity (Wildman–Crippen MR) is 74.0 cm³/mol. The summed E-state index contributed by atoms with van der Waals surface area (Å²) in [7, 11) is 0.873. The Morgan fingerprint density at radius 1 is 1.53 bits per heavy atom. The third kappa shape index (κ3) is 4.65. The molecule has 0 amide bonds. The molecule has 2 atom stereocenters. The molecular weight excluding hydrogens is 236 g/mol. The van der Waals surface area contributed by atoms with E-state index in [4.69, 9.17) is 10.5 Å². The molecule has 0 heterocycles. The van der Waals surface area contributed by atoms with Crippen molar-refractivity contribution in [3.8, 4) is 5.75 Å². The SMILES string of the molecule is COc1ccc(N)c(NC(C)CCS(C)=O)c1. The average molecular weight is 256 g/mol. The van der Waals surface area contributed by atoms with Crippen LogP contribution in [0.25, 0.3) is 0 Å². The van der Waals surface area contributed by atoms with Gasteiger partial charge in [0.25, 0.3) is 0 Å². The average Bonchev–Trinajstić information content (AvgIpc) is 2.29. The van der Waals surface area contributed by atoms with Crippen LogP contribution in [-0.2, 0) is 10.8 Å². The van der Waals surface area contributed by atoms with Crippen molar-refractivity contribution in [1.82, 2.24) is 0 Å². The fourth-order valence-corrected chi connectivity index (χ4v) is 2.15. The van der Waals surface area contributed by atoms with E-state index >= 15 is 0 Å². The summed E-state index contributed by atoms with van der Waals surface area (Å²) in [6, 6.07) is 5.74. The van der Waals surface area contributed by atoms with Crippen molar-refractivity contribution in [2.75, 3.05) is 30.2 Å². The van der Waals surface area contributed by atoms with E-state index in [1.165, 1.54) is 0 Å². The maximum Gasteiger partial charge on any atom is 0.121 e. The highest BCUT2D eigenvalue weighted by molar-refractivity contribution is 7.84. The number of benzene rings is 1. The van der Waals surface area contributed by atoms with Gasteiger partial charge in [-0.2, -0.15) is 0 Å². The van der Waals surface area contributed by atoms with Crippen LogP contribution in [0.5, 0.6) is 5.75 Å². The van der Waals surface area contributed by atoms with Gasteiger partial charge in [-0.3, -0.25) is 4.21 Å². The summed E-state index contributed by atoms with van der Waals surface area (Å²) in [5.74, 6) is 1.46. The molecule has 4 nitrogen and oxygen atoms in total. The first kappa shape index (κ1) is 13.8. The zero-order valence-electron chi connectivity index (χ0n) is 10.5. The van der Waals surface area contributed by atoms with E-state index in [9.17, 15) is 4.21 Å². The van der Waals surface area contributed by atoms with E-state index < -0.39 is 10.8 Å². The Labute approximate surface area is 105 Å². The van der Waals surface area contributed by atoms with Crippen LogP contribution in [0.3, 0.4) is 0 Å². The Balaban J connectivity index is 2.63. The fourth-order valence-electron chi connectivity index (χ4n) is 1.47. The van der Waals surface area contributed by atoms with Crippen molar-refractivity contribution < 1.29 is 8.95 Å². The van der Waals surface area contributed by atoms with Crippen LogP contribution in [0.4, 0.5) is 11.4 Å². The molecule has 0 aliphatic carbocycles. The Kier molecular flexibility index (Phi) is 5.28. The first-order chi connectivity index (χ1) is 8.02. The Morgan fingerprint density at radius 3 is 2.82 bits per heavy atom.